The Morgan fingerprint density at radius 2 is 1.67 bits per heavy atom. The molecule has 0 fully saturated rings. The fraction of sp³-hybridized carbons (Fsp3) is 0.400. The number of nitrogens with one attached hydrogen (secondary N) is 1. The second-order valence-electron chi connectivity index (χ2n) is 7.75. The van der Waals surface area contributed by atoms with Crippen LogP contribution >= 0.6 is 0 Å². The van der Waals surface area contributed by atoms with Crippen LogP contribution in [-0.2, 0) is 4.79 Å². The average molecular weight is 457 g/mol. The minimum atomic E-state index is -1.16. The van der Waals surface area contributed by atoms with E-state index >= 15 is 0 Å². The third-order valence-corrected chi connectivity index (χ3v) is 5.78. The van der Waals surface area contributed by atoms with Gasteiger partial charge < -0.3 is 25.6 Å². The number of carboxylic acids is 1. The summed E-state index contributed by atoms with van der Waals surface area (Å²) in [6, 6.07) is 9.80. The van der Waals surface area contributed by atoms with E-state index in [2.05, 4.69) is 12.2 Å². The molecule has 2 atom stereocenters. The molecule has 4 N–H and O–H groups in total. The minimum absolute atomic E-state index is 0.0448. The molecule has 2 aromatic carbocycles. The van der Waals surface area contributed by atoms with Crippen LogP contribution in [0, 0.1) is 0 Å². The number of carboxylic acid groups (broad SMARTS) is 1. The van der Waals surface area contributed by atoms with E-state index in [-0.39, 0.29) is 17.2 Å². The molecule has 178 valence electrons. The third-order valence-electron chi connectivity index (χ3n) is 5.78. The molecule has 0 saturated heterocycles. The molecule has 2 aromatic rings. The lowest BCUT2D eigenvalue weighted by molar-refractivity contribution is -0.120. The summed E-state index contributed by atoms with van der Waals surface area (Å²) in [5.74, 6) is -2.96. The van der Waals surface area contributed by atoms with E-state index in [1.807, 2.05) is 0 Å². The molecule has 0 heterocycles. The van der Waals surface area contributed by atoms with Crippen LogP contribution in [0.5, 0.6) is 11.5 Å². The van der Waals surface area contributed by atoms with Gasteiger partial charge in [0, 0.05) is 24.6 Å². The topological polar surface area (TPSA) is 128 Å². The predicted octanol–water partition coefficient (Wildman–Crippen LogP) is 3.69. The van der Waals surface area contributed by atoms with Gasteiger partial charge >= 0.3 is 5.97 Å². The fourth-order valence-electron chi connectivity index (χ4n) is 4.17. The van der Waals surface area contributed by atoms with Crippen LogP contribution in [0.15, 0.2) is 36.4 Å². The Hall–Kier alpha value is -3.55. The van der Waals surface area contributed by atoms with Crippen molar-refractivity contribution in [2.24, 2.45) is 5.73 Å². The lowest BCUT2D eigenvalue weighted by Gasteiger charge is -2.29. The van der Waals surface area contributed by atoms with Crippen LogP contribution in [0.25, 0.3) is 0 Å². The maximum atomic E-state index is 12.9. The molecule has 2 amide bonds. The molecule has 8 heteroatoms. The van der Waals surface area contributed by atoms with E-state index in [1.54, 1.807) is 24.3 Å². The largest absolute Gasteiger partial charge is 0.496 e. The Bertz CT molecular complexity index is 1000. The second kappa shape index (κ2) is 11.9. The van der Waals surface area contributed by atoms with Crippen LogP contribution in [0.1, 0.15) is 76.3 Å². The number of rotatable bonds is 12. The number of benzene rings is 2. The van der Waals surface area contributed by atoms with Gasteiger partial charge in [0.25, 0.3) is 5.91 Å². The monoisotopic (exact) mass is 456 g/mol. The van der Waals surface area contributed by atoms with Crippen molar-refractivity contribution in [3.63, 3.8) is 0 Å². The van der Waals surface area contributed by atoms with Crippen LogP contribution in [-0.4, -0.2) is 44.2 Å². The number of methoxy groups -OCH3 is 2. The van der Waals surface area contributed by atoms with E-state index in [1.165, 1.54) is 33.4 Å². The first-order valence-corrected chi connectivity index (χ1v) is 10.9. The number of unbranched alkanes of at least 4 members (excludes halogenated alkanes) is 2. The van der Waals surface area contributed by atoms with Gasteiger partial charge in [0.15, 0.2) is 0 Å². The van der Waals surface area contributed by atoms with Gasteiger partial charge in [-0.05, 0) is 29.7 Å². The van der Waals surface area contributed by atoms with Crippen molar-refractivity contribution in [2.45, 2.75) is 44.4 Å². The highest BCUT2D eigenvalue weighted by molar-refractivity contribution is 5.98. The summed E-state index contributed by atoms with van der Waals surface area (Å²) in [6.45, 7) is 2.07. The standard InChI is InChI=1S/C25H32N2O6/c1-5-6-7-10-16(18-13-19(25(30)31)21(33-4)14-20(18)32-3)22(23(26)28)15-11-8-9-12-17(15)24(29)27-2/h8-9,11-14,16,22H,5-7,10H2,1-4H3,(H2,26,28)(H,27,29)(H,30,31). The fourth-order valence-corrected chi connectivity index (χ4v) is 4.17. The minimum Gasteiger partial charge on any atom is -0.496 e. The van der Waals surface area contributed by atoms with Gasteiger partial charge in [0.05, 0.1) is 20.1 Å². The molecule has 0 bridgehead atoms. The van der Waals surface area contributed by atoms with Crippen molar-refractivity contribution in [3.05, 3.63) is 58.7 Å². The Morgan fingerprint density at radius 3 is 2.21 bits per heavy atom. The van der Waals surface area contributed by atoms with Gasteiger partial charge in [-0.1, -0.05) is 44.4 Å². The molecule has 33 heavy (non-hydrogen) atoms. The van der Waals surface area contributed by atoms with E-state index in [4.69, 9.17) is 15.2 Å². The molecule has 0 saturated carbocycles. The molecule has 2 rings (SSSR count). The molecule has 0 aliphatic heterocycles. The second-order valence-corrected chi connectivity index (χ2v) is 7.75. The van der Waals surface area contributed by atoms with Gasteiger partial charge in [0.2, 0.25) is 5.91 Å². The maximum absolute atomic E-state index is 12.9. The van der Waals surface area contributed by atoms with Crippen molar-refractivity contribution in [1.29, 1.82) is 0 Å². The average Bonchev–Trinajstić information content (AvgIpc) is 2.82. The van der Waals surface area contributed by atoms with Gasteiger partial charge in [-0.3, -0.25) is 9.59 Å². The number of nitrogens with two attached hydrogens (primary N) is 1. The SMILES string of the molecule is CCCCCC(c1cc(C(=O)O)c(OC)cc1OC)C(C(N)=O)c1ccccc1C(=O)NC. The summed E-state index contributed by atoms with van der Waals surface area (Å²) in [5, 5.41) is 12.3. The van der Waals surface area contributed by atoms with Crippen LogP contribution < -0.4 is 20.5 Å². The highest BCUT2D eigenvalue weighted by Crippen LogP contribution is 2.44. The molecule has 8 nitrogen and oxygen atoms in total. The molecule has 0 aliphatic rings. The number of ether oxygens (including phenoxy) is 2. The van der Waals surface area contributed by atoms with E-state index < -0.39 is 23.7 Å². The summed E-state index contributed by atoms with van der Waals surface area (Å²) >= 11 is 0. The molecule has 0 spiro atoms. The van der Waals surface area contributed by atoms with Crippen molar-refractivity contribution in [2.75, 3.05) is 21.3 Å². The molecule has 2 unspecified atom stereocenters. The van der Waals surface area contributed by atoms with E-state index in [9.17, 15) is 19.5 Å². The van der Waals surface area contributed by atoms with Crippen molar-refractivity contribution in [3.8, 4) is 11.5 Å². The van der Waals surface area contributed by atoms with Gasteiger partial charge in [-0.15, -0.1) is 0 Å². The molecule has 0 radical (unpaired) electrons. The van der Waals surface area contributed by atoms with E-state index in [0.717, 1.165) is 19.3 Å². The molecule has 0 aromatic heterocycles. The van der Waals surface area contributed by atoms with Gasteiger partial charge in [-0.25, -0.2) is 4.79 Å². The maximum Gasteiger partial charge on any atom is 0.339 e. The Kier molecular flexibility index (Phi) is 9.27. The molecular weight excluding hydrogens is 424 g/mol. The molecular formula is C25H32N2O6. The highest BCUT2D eigenvalue weighted by Gasteiger charge is 2.34. The number of hydrogen-bond donors (Lipinski definition) is 3. The zero-order chi connectivity index (χ0) is 24.5. The summed E-state index contributed by atoms with van der Waals surface area (Å²) in [5.41, 5.74) is 7.23. The zero-order valence-corrected chi connectivity index (χ0v) is 19.5. The Labute approximate surface area is 194 Å². The number of primary amides is 1. The lowest BCUT2D eigenvalue weighted by atomic mass is 9.75. The summed E-state index contributed by atoms with van der Waals surface area (Å²) in [7, 11) is 4.37. The predicted molar refractivity (Wildman–Crippen MR) is 125 cm³/mol. The van der Waals surface area contributed by atoms with Gasteiger partial charge in [0.1, 0.15) is 17.1 Å². The van der Waals surface area contributed by atoms with Gasteiger partial charge in [-0.2, -0.15) is 0 Å². The Balaban J connectivity index is 2.78. The first kappa shape index (κ1) is 25.7. The van der Waals surface area contributed by atoms with Crippen molar-refractivity contribution < 1.29 is 29.0 Å². The number of hydrogen-bond acceptors (Lipinski definition) is 5. The highest BCUT2D eigenvalue weighted by atomic mass is 16.5. The summed E-state index contributed by atoms with van der Waals surface area (Å²) in [6.07, 6.45) is 3.21. The number of carbonyl (C=O) groups is 3. The zero-order valence-electron chi connectivity index (χ0n) is 19.5. The summed E-state index contributed by atoms with van der Waals surface area (Å²) < 4.78 is 10.8. The molecule has 0 aliphatic carbocycles. The van der Waals surface area contributed by atoms with Crippen LogP contribution in [0.2, 0.25) is 0 Å². The van der Waals surface area contributed by atoms with Crippen molar-refractivity contribution in [1.82, 2.24) is 5.32 Å². The number of carbonyl (C=O) groups excluding carboxylic acids is 2. The smallest absolute Gasteiger partial charge is 0.339 e. The van der Waals surface area contributed by atoms with Crippen molar-refractivity contribution >= 4 is 17.8 Å². The summed E-state index contributed by atoms with van der Waals surface area (Å²) in [4.78, 5) is 37.3. The third kappa shape index (κ3) is 5.83. The first-order valence-electron chi connectivity index (χ1n) is 10.9. The van der Waals surface area contributed by atoms with E-state index in [0.29, 0.717) is 28.9 Å². The normalized spacial score (nSPS) is 12.5. The quantitative estimate of drug-likeness (QED) is 0.418. The number of aromatic carboxylic acids is 1. The number of amides is 2. The van der Waals surface area contributed by atoms with Crippen LogP contribution in [0.4, 0.5) is 0 Å². The Morgan fingerprint density at radius 1 is 1.00 bits per heavy atom. The first-order chi connectivity index (χ1) is 15.8. The lowest BCUT2D eigenvalue weighted by Crippen LogP contribution is -2.30. The van der Waals surface area contributed by atoms with Crippen LogP contribution in [0.3, 0.4) is 0 Å².